The molecule has 0 N–H and O–H groups in total. The highest BCUT2D eigenvalue weighted by Gasteiger charge is 2.15. The summed E-state index contributed by atoms with van der Waals surface area (Å²) in [6.45, 7) is 6.79. The molecule has 1 aliphatic rings. The van der Waals surface area contributed by atoms with Gasteiger partial charge in [-0.05, 0) is 43.6 Å². The molecule has 96 valence electrons. The van der Waals surface area contributed by atoms with Gasteiger partial charge >= 0.3 is 0 Å². The quantitative estimate of drug-likeness (QED) is 0.734. The van der Waals surface area contributed by atoms with E-state index in [1.54, 1.807) is 0 Å². The number of hydrogen-bond donors (Lipinski definition) is 0. The number of halogens is 3. The molecular weight excluding hydrogens is 288 g/mol. The van der Waals surface area contributed by atoms with Gasteiger partial charge in [0.2, 0.25) is 0 Å². The molecule has 1 aromatic carbocycles. The Morgan fingerprint density at radius 1 is 1.12 bits per heavy atom. The minimum atomic E-state index is -0.799. The SMILES string of the molecule is CC.Fc1cc(Br)c(CN2CCCC2)cc1F. The molecular formula is C13H18BrF2N. The van der Waals surface area contributed by atoms with Crippen molar-refractivity contribution in [2.24, 2.45) is 0 Å². The predicted molar refractivity (Wildman–Crippen MR) is 69.9 cm³/mol. The maximum atomic E-state index is 13.0. The van der Waals surface area contributed by atoms with Gasteiger partial charge in [0.1, 0.15) is 0 Å². The number of benzene rings is 1. The second-order valence-corrected chi connectivity index (χ2v) is 4.70. The summed E-state index contributed by atoms with van der Waals surface area (Å²) in [5, 5.41) is 0. The average Bonchev–Trinajstić information content (AvgIpc) is 2.81. The van der Waals surface area contributed by atoms with Crippen LogP contribution in [-0.4, -0.2) is 18.0 Å². The lowest BCUT2D eigenvalue weighted by Gasteiger charge is -2.15. The lowest BCUT2D eigenvalue weighted by Crippen LogP contribution is -2.18. The molecule has 0 amide bonds. The van der Waals surface area contributed by atoms with E-state index in [0.717, 1.165) is 18.7 Å². The molecule has 1 nitrogen and oxygen atoms in total. The standard InChI is InChI=1S/C11H12BrF2N.C2H6/c12-9-6-11(14)10(13)5-8(9)7-15-3-1-2-4-15;1-2/h5-6H,1-4,7H2;1-2H3. The zero-order chi connectivity index (χ0) is 12.8. The molecule has 0 radical (unpaired) electrons. The zero-order valence-electron chi connectivity index (χ0n) is 10.3. The van der Waals surface area contributed by atoms with Gasteiger partial charge in [-0.1, -0.05) is 29.8 Å². The predicted octanol–water partition coefficient (Wildman–Crippen LogP) is 4.35. The van der Waals surface area contributed by atoms with Crippen molar-refractivity contribution in [3.8, 4) is 0 Å². The molecule has 0 unspecified atom stereocenters. The Morgan fingerprint density at radius 3 is 2.24 bits per heavy atom. The van der Waals surface area contributed by atoms with Gasteiger partial charge in [0.05, 0.1) is 0 Å². The summed E-state index contributed by atoms with van der Waals surface area (Å²) in [5.74, 6) is -1.57. The van der Waals surface area contributed by atoms with E-state index in [1.807, 2.05) is 13.8 Å². The Morgan fingerprint density at radius 2 is 1.65 bits per heavy atom. The number of hydrogen-bond acceptors (Lipinski definition) is 1. The molecule has 1 heterocycles. The van der Waals surface area contributed by atoms with Crippen molar-refractivity contribution in [1.82, 2.24) is 4.90 Å². The zero-order valence-corrected chi connectivity index (χ0v) is 11.9. The van der Waals surface area contributed by atoms with E-state index in [0.29, 0.717) is 11.0 Å². The van der Waals surface area contributed by atoms with Crippen LogP contribution in [0.1, 0.15) is 32.3 Å². The molecule has 0 aromatic heterocycles. The van der Waals surface area contributed by atoms with E-state index >= 15 is 0 Å². The van der Waals surface area contributed by atoms with Crippen LogP contribution in [0.5, 0.6) is 0 Å². The van der Waals surface area contributed by atoms with Gasteiger partial charge in [-0.15, -0.1) is 0 Å². The van der Waals surface area contributed by atoms with Crippen LogP contribution in [0.25, 0.3) is 0 Å². The molecule has 1 aliphatic heterocycles. The molecule has 1 saturated heterocycles. The van der Waals surface area contributed by atoms with Crippen molar-refractivity contribution in [3.63, 3.8) is 0 Å². The summed E-state index contributed by atoms with van der Waals surface area (Å²) >= 11 is 3.26. The van der Waals surface area contributed by atoms with E-state index in [-0.39, 0.29) is 0 Å². The summed E-state index contributed by atoms with van der Waals surface area (Å²) in [5.41, 5.74) is 0.816. The Bertz CT molecular complexity index is 363. The first-order valence-electron chi connectivity index (χ1n) is 6.02. The fourth-order valence-corrected chi connectivity index (χ4v) is 2.31. The summed E-state index contributed by atoms with van der Waals surface area (Å²) in [7, 11) is 0. The minimum absolute atomic E-state index is 0.647. The summed E-state index contributed by atoms with van der Waals surface area (Å²) in [6.07, 6.45) is 2.39. The topological polar surface area (TPSA) is 3.24 Å². The van der Waals surface area contributed by atoms with Crippen molar-refractivity contribution in [2.75, 3.05) is 13.1 Å². The van der Waals surface area contributed by atoms with Crippen LogP contribution in [0.4, 0.5) is 8.78 Å². The summed E-state index contributed by atoms with van der Waals surface area (Å²) < 4.78 is 26.5. The highest BCUT2D eigenvalue weighted by Crippen LogP contribution is 2.23. The fraction of sp³-hybridized carbons (Fsp3) is 0.538. The Hall–Kier alpha value is -0.480. The Balaban J connectivity index is 0.000000686. The van der Waals surface area contributed by atoms with Gasteiger partial charge in [0, 0.05) is 11.0 Å². The molecule has 17 heavy (non-hydrogen) atoms. The summed E-state index contributed by atoms with van der Waals surface area (Å²) in [6, 6.07) is 2.47. The van der Waals surface area contributed by atoms with Crippen LogP contribution in [0, 0.1) is 11.6 Å². The third-order valence-corrected chi connectivity index (χ3v) is 3.42. The van der Waals surface area contributed by atoms with E-state index in [1.165, 1.54) is 25.0 Å². The second-order valence-electron chi connectivity index (χ2n) is 3.84. The third-order valence-electron chi connectivity index (χ3n) is 2.68. The average molecular weight is 306 g/mol. The van der Waals surface area contributed by atoms with Crippen LogP contribution in [-0.2, 0) is 6.54 Å². The van der Waals surface area contributed by atoms with Crippen molar-refractivity contribution in [1.29, 1.82) is 0 Å². The van der Waals surface area contributed by atoms with Crippen molar-refractivity contribution in [2.45, 2.75) is 33.2 Å². The van der Waals surface area contributed by atoms with E-state index in [4.69, 9.17) is 0 Å². The van der Waals surface area contributed by atoms with Crippen molar-refractivity contribution in [3.05, 3.63) is 33.8 Å². The van der Waals surface area contributed by atoms with E-state index < -0.39 is 11.6 Å². The first kappa shape index (κ1) is 14.6. The molecule has 0 bridgehead atoms. The van der Waals surface area contributed by atoms with Gasteiger partial charge < -0.3 is 0 Å². The third kappa shape index (κ3) is 4.03. The number of nitrogens with zero attached hydrogens (tertiary/aromatic N) is 1. The minimum Gasteiger partial charge on any atom is -0.299 e. The molecule has 1 fully saturated rings. The van der Waals surface area contributed by atoms with Gasteiger partial charge in [0.15, 0.2) is 11.6 Å². The lowest BCUT2D eigenvalue weighted by atomic mass is 10.2. The highest BCUT2D eigenvalue weighted by molar-refractivity contribution is 9.10. The maximum Gasteiger partial charge on any atom is 0.159 e. The summed E-state index contributed by atoms with van der Waals surface area (Å²) in [4.78, 5) is 2.25. The molecule has 1 aromatic rings. The Labute approximate surface area is 110 Å². The monoisotopic (exact) mass is 305 g/mol. The van der Waals surface area contributed by atoms with Gasteiger partial charge in [-0.2, -0.15) is 0 Å². The molecule has 0 atom stereocenters. The van der Waals surface area contributed by atoms with Crippen molar-refractivity contribution >= 4 is 15.9 Å². The first-order valence-corrected chi connectivity index (χ1v) is 6.82. The molecule has 0 spiro atoms. The lowest BCUT2D eigenvalue weighted by molar-refractivity contribution is 0.329. The number of rotatable bonds is 2. The smallest absolute Gasteiger partial charge is 0.159 e. The van der Waals surface area contributed by atoms with Gasteiger partial charge in [-0.25, -0.2) is 8.78 Å². The normalized spacial score (nSPS) is 15.6. The van der Waals surface area contributed by atoms with E-state index in [9.17, 15) is 8.78 Å². The fourth-order valence-electron chi connectivity index (χ4n) is 1.87. The van der Waals surface area contributed by atoms with Crippen molar-refractivity contribution < 1.29 is 8.78 Å². The molecule has 0 aliphatic carbocycles. The Kier molecular flexibility index (Phi) is 6.06. The second kappa shape index (κ2) is 7.07. The van der Waals surface area contributed by atoms with Gasteiger partial charge in [-0.3, -0.25) is 4.90 Å². The molecule has 4 heteroatoms. The van der Waals surface area contributed by atoms with Crippen LogP contribution in [0.2, 0.25) is 0 Å². The first-order chi connectivity index (χ1) is 8.16. The largest absolute Gasteiger partial charge is 0.299 e. The maximum absolute atomic E-state index is 13.0. The van der Waals surface area contributed by atoms with Crippen LogP contribution in [0.15, 0.2) is 16.6 Å². The number of likely N-dealkylation sites (tertiary alicyclic amines) is 1. The highest BCUT2D eigenvalue weighted by atomic mass is 79.9. The van der Waals surface area contributed by atoms with Crippen LogP contribution < -0.4 is 0 Å². The van der Waals surface area contributed by atoms with Crippen LogP contribution >= 0.6 is 15.9 Å². The van der Waals surface area contributed by atoms with E-state index in [2.05, 4.69) is 20.8 Å². The van der Waals surface area contributed by atoms with Crippen LogP contribution in [0.3, 0.4) is 0 Å². The molecule has 0 saturated carbocycles. The van der Waals surface area contributed by atoms with Gasteiger partial charge in [0.25, 0.3) is 0 Å². The molecule has 2 rings (SSSR count).